The van der Waals surface area contributed by atoms with E-state index in [-0.39, 0.29) is 5.82 Å². The first-order valence-corrected chi connectivity index (χ1v) is 7.47. The summed E-state index contributed by atoms with van der Waals surface area (Å²) in [5.74, 6) is 0.253. The van der Waals surface area contributed by atoms with Gasteiger partial charge in [-0.1, -0.05) is 23.6 Å². The number of nitrogens with zero attached hydrogens (tertiary/aromatic N) is 1. The van der Waals surface area contributed by atoms with E-state index >= 15 is 0 Å². The summed E-state index contributed by atoms with van der Waals surface area (Å²) in [5, 5.41) is 0. The molecule has 0 atom stereocenters. The van der Waals surface area contributed by atoms with Crippen LogP contribution in [0.1, 0.15) is 13.8 Å². The molecule has 0 aliphatic heterocycles. The lowest BCUT2D eigenvalue weighted by atomic mass is 10.3. The Hall–Kier alpha value is -1.50. The van der Waals surface area contributed by atoms with Crippen molar-refractivity contribution in [3.8, 4) is 5.75 Å². The van der Waals surface area contributed by atoms with Crippen molar-refractivity contribution < 1.29 is 9.23 Å². The van der Waals surface area contributed by atoms with Gasteiger partial charge in [0.05, 0.1) is 0 Å². The van der Waals surface area contributed by atoms with Crippen LogP contribution in [-0.2, 0) is 0 Å². The highest BCUT2D eigenvalue weighted by atomic mass is 32.2. The lowest BCUT2D eigenvalue weighted by Gasteiger charge is -2.25. The maximum atomic E-state index is 12.7. The monoisotopic (exact) mass is 311 g/mol. The molecular formula is C15H22FN3OS. The Morgan fingerprint density at radius 1 is 1.33 bits per heavy atom. The van der Waals surface area contributed by atoms with Gasteiger partial charge in [0.1, 0.15) is 11.6 Å². The van der Waals surface area contributed by atoms with Gasteiger partial charge in [0.2, 0.25) is 0 Å². The number of hydrogen-bond donors (Lipinski definition) is 2. The first kappa shape index (κ1) is 17.6. The number of hydrogen-bond acceptors (Lipinski definition) is 5. The fraction of sp³-hybridized carbons (Fsp3) is 0.333. The standard InChI is InChI=1S/C15H22FN3OS/c1-5-19(11-12(2)3)13(4)10-17-21-18-20-15-8-6-14(16)7-9-15/h6-9,17-18H,2,4-5,10-11H2,1,3H3. The molecule has 6 heteroatoms. The van der Waals surface area contributed by atoms with Crippen LogP contribution in [0.5, 0.6) is 5.75 Å². The highest BCUT2D eigenvalue weighted by Gasteiger charge is 2.05. The van der Waals surface area contributed by atoms with Gasteiger partial charge < -0.3 is 9.74 Å². The molecule has 0 aliphatic rings. The summed E-state index contributed by atoms with van der Waals surface area (Å²) in [5.41, 5.74) is 2.08. The van der Waals surface area contributed by atoms with Crippen molar-refractivity contribution in [2.75, 3.05) is 19.6 Å². The molecule has 0 radical (unpaired) electrons. The minimum absolute atomic E-state index is 0.290. The fourth-order valence-corrected chi connectivity index (χ4v) is 2.04. The quantitative estimate of drug-likeness (QED) is 0.300. The van der Waals surface area contributed by atoms with Gasteiger partial charge in [0.15, 0.2) is 0 Å². The van der Waals surface area contributed by atoms with Crippen LogP contribution in [0.15, 0.2) is 48.7 Å². The third-order valence-electron chi connectivity index (χ3n) is 2.65. The molecule has 21 heavy (non-hydrogen) atoms. The van der Waals surface area contributed by atoms with Crippen LogP contribution in [0.2, 0.25) is 0 Å². The number of benzene rings is 1. The van der Waals surface area contributed by atoms with Crippen LogP contribution in [0.25, 0.3) is 0 Å². The average Bonchev–Trinajstić information content (AvgIpc) is 2.46. The summed E-state index contributed by atoms with van der Waals surface area (Å²) in [6.07, 6.45) is 0. The molecule has 0 fully saturated rings. The Kier molecular flexibility index (Phi) is 7.89. The molecule has 1 aromatic carbocycles. The molecule has 0 heterocycles. The summed E-state index contributed by atoms with van der Waals surface area (Å²) in [6, 6.07) is 5.78. The second-order valence-corrected chi connectivity index (χ2v) is 5.26. The minimum atomic E-state index is -0.290. The van der Waals surface area contributed by atoms with Crippen molar-refractivity contribution >= 4 is 12.1 Å². The third kappa shape index (κ3) is 7.17. The molecule has 0 saturated carbocycles. The van der Waals surface area contributed by atoms with Crippen LogP contribution < -0.4 is 14.4 Å². The summed E-state index contributed by atoms with van der Waals surface area (Å²) in [7, 11) is 0. The van der Waals surface area contributed by atoms with E-state index in [0.29, 0.717) is 12.3 Å². The van der Waals surface area contributed by atoms with Gasteiger partial charge >= 0.3 is 0 Å². The minimum Gasteiger partial charge on any atom is -0.397 e. The van der Waals surface area contributed by atoms with Crippen molar-refractivity contribution in [3.63, 3.8) is 0 Å². The van der Waals surface area contributed by atoms with Gasteiger partial charge in [0, 0.05) is 37.5 Å². The van der Waals surface area contributed by atoms with Crippen LogP contribution in [-0.4, -0.2) is 24.5 Å². The number of nitrogens with one attached hydrogen (secondary N) is 2. The SMILES string of the molecule is C=C(C)CN(CC)C(=C)CNSNOc1ccc(F)cc1. The summed E-state index contributed by atoms with van der Waals surface area (Å²) < 4.78 is 15.8. The Bertz CT molecular complexity index is 464. The van der Waals surface area contributed by atoms with Crippen LogP contribution in [0.4, 0.5) is 4.39 Å². The van der Waals surface area contributed by atoms with E-state index in [9.17, 15) is 4.39 Å². The molecule has 1 rings (SSSR count). The van der Waals surface area contributed by atoms with E-state index in [4.69, 9.17) is 4.84 Å². The molecule has 4 nitrogen and oxygen atoms in total. The molecule has 0 unspecified atom stereocenters. The van der Waals surface area contributed by atoms with Gasteiger partial charge in [-0.2, -0.15) is 0 Å². The van der Waals surface area contributed by atoms with Crippen LogP contribution in [0.3, 0.4) is 0 Å². The van der Waals surface area contributed by atoms with Gasteiger partial charge in [0.25, 0.3) is 0 Å². The zero-order chi connectivity index (χ0) is 15.7. The summed E-state index contributed by atoms with van der Waals surface area (Å²) in [4.78, 5) is 10.1. The van der Waals surface area contributed by atoms with Gasteiger partial charge in [-0.05, 0) is 38.1 Å². The Morgan fingerprint density at radius 3 is 2.57 bits per heavy atom. The summed E-state index contributed by atoms with van der Waals surface area (Å²) in [6.45, 7) is 14.3. The molecule has 2 N–H and O–H groups in total. The van der Waals surface area contributed by atoms with Crippen molar-refractivity contribution in [2.24, 2.45) is 0 Å². The van der Waals surface area contributed by atoms with E-state index in [1.807, 2.05) is 6.92 Å². The highest BCUT2D eigenvalue weighted by molar-refractivity contribution is 7.95. The maximum Gasteiger partial charge on any atom is 0.148 e. The molecule has 1 aromatic rings. The predicted molar refractivity (Wildman–Crippen MR) is 87.0 cm³/mol. The normalized spacial score (nSPS) is 10.2. The van der Waals surface area contributed by atoms with Gasteiger partial charge in [-0.15, -0.1) is 0 Å². The van der Waals surface area contributed by atoms with Gasteiger partial charge in [-0.3, -0.25) is 0 Å². The van der Waals surface area contributed by atoms with Crippen LogP contribution in [0, 0.1) is 5.82 Å². The van der Waals surface area contributed by atoms with Gasteiger partial charge in [-0.25, -0.2) is 9.11 Å². The van der Waals surface area contributed by atoms with E-state index < -0.39 is 0 Å². The fourth-order valence-electron chi connectivity index (χ4n) is 1.61. The average molecular weight is 311 g/mol. The molecule has 116 valence electrons. The number of likely N-dealkylation sites (N-methyl/N-ethyl adjacent to an activating group) is 1. The summed E-state index contributed by atoms with van der Waals surface area (Å²) >= 11 is 1.20. The van der Waals surface area contributed by atoms with E-state index in [2.05, 4.69) is 34.6 Å². The number of halogens is 1. The van der Waals surface area contributed by atoms with Crippen molar-refractivity contribution in [3.05, 3.63) is 54.5 Å². The van der Waals surface area contributed by atoms with Crippen molar-refractivity contribution in [1.29, 1.82) is 0 Å². The zero-order valence-electron chi connectivity index (χ0n) is 12.5. The third-order valence-corrected chi connectivity index (χ3v) is 3.11. The molecule has 0 bridgehead atoms. The molecule has 0 aromatic heterocycles. The lowest BCUT2D eigenvalue weighted by molar-refractivity contribution is 0.283. The molecule has 0 spiro atoms. The van der Waals surface area contributed by atoms with E-state index in [1.54, 1.807) is 12.1 Å². The molecular weight excluding hydrogens is 289 g/mol. The Balaban J connectivity index is 2.19. The van der Waals surface area contributed by atoms with E-state index in [0.717, 1.165) is 24.4 Å². The Morgan fingerprint density at radius 2 is 2.00 bits per heavy atom. The number of rotatable bonds is 10. The topological polar surface area (TPSA) is 36.5 Å². The first-order chi connectivity index (χ1) is 10.0. The highest BCUT2D eigenvalue weighted by Crippen LogP contribution is 2.10. The molecule has 0 aliphatic carbocycles. The lowest BCUT2D eigenvalue weighted by Crippen LogP contribution is -2.29. The largest absolute Gasteiger partial charge is 0.397 e. The van der Waals surface area contributed by atoms with Crippen molar-refractivity contribution in [2.45, 2.75) is 13.8 Å². The zero-order valence-corrected chi connectivity index (χ0v) is 13.3. The second kappa shape index (κ2) is 9.44. The Labute approximate surface area is 130 Å². The molecule has 0 amide bonds. The first-order valence-electron chi connectivity index (χ1n) is 6.66. The van der Waals surface area contributed by atoms with E-state index in [1.165, 1.54) is 24.3 Å². The predicted octanol–water partition coefficient (Wildman–Crippen LogP) is 3.27. The maximum absolute atomic E-state index is 12.7. The smallest absolute Gasteiger partial charge is 0.148 e. The van der Waals surface area contributed by atoms with Crippen LogP contribution >= 0.6 is 12.1 Å². The molecule has 0 saturated heterocycles. The van der Waals surface area contributed by atoms with Crippen molar-refractivity contribution in [1.82, 2.24) is 14.5 Å². The second-order valence-electron chi connectivity index (χ2n) is 4.60.